The van der Waals surface area contributed by atoms with Crippen LogP contribution in [0, 0.1) is 0 Å². The van der Waals surface area contributed by atoms with E-state index in [1.165, 1.54) is 18.3 Å². The first-order valence-electron chi connectivity index (χ1n) is 5.68. The number of hydrogen-bond acceptors (Lipinski definition) is 3. The highest BCUT2D eigenvalue weighted by atomic mass is 16.5. The van der Waals surface area contributed by atoms with Crippen LogP contribution < -0.4 is 10.9 Å². The fraction of sp³-hybridized carbons (Fsp3) is 0.500. The maximum Gasteiger partial charge on any atom is 0.253 e. The minimum absolute atomic E-state index is 0.161. The van der Waals surface area contributed by atoms with Gasteiger partial charge in [0.05, 0.1) is 5.56 Å². The molecule has 0 saturated carbocycles. The zero-order valence-corrected chi connectivity index (χ0v) is 9.79. The van der Waals surface area contributed by atoms with E-state index in [0.29, 0.717) is 18.8 Å². The van der Waals surface area contributed by atoms with Crippen molar-refractivity contribution in [1.29, 1.82) is 0 Å². The van der Waals surface area contributed by atoms with E-state index in [4.69, 9.17) is 4.74 Å². The van der Waals surface area contributed by atoms with E-state index in [-0.39, 0.29) is 17.0 Å². The fourth-order valence-corrected chi connectivity index (χ4v) is 1.84. The van der Waals surface area contributed by atoms with Crippen molar-refractivity contribution in [1.82, 2.24) is 10.3 Å². The van der Waals surface area contributed by atoms with Crippen molar-refractivity contribution in [3.63, 3.8) is 0 Å². The van der Waals surface area contributed by atoms with Gasteiger partial charge in [-0.25, -0.2) is 0 Å². The number of pyridine rings is 1. The molecule has 0 unspecified atom stereocenters. The Morgan fingerprint density at radius 3 is 2.71 bits per heavy atom. The molecule has 2 rings (SSSR count). The van der Waals surface area contributed by atoms with Crippen LogP contribution in [0.25, 0.3) is 0 Å². The van der Waals surface area contributed by atoms with Crippen molar-refractivity contribution in [3.05, 3.63) is 34.2 Å². The molecule has 1 saturated heterocycles. The second kappa shape index (κ2) is 4.71. The molecule has 1 fully saturated rings. The second-order valence-corrected chi connectivity index (χ2v) is 4.57. The van der Waals surface area contributed by atoms with Gasteiger partial charge in [0.2, 0.25) is 5.56 Å². The van der Waals surface area contributed by atoms with E-state index in [1.54, 1.807) is 0 Å². The Morgan fingerprint density at radius 1 is 1.41 bits per heavy atom. The third kappa shape index (κ3) is 2.94. The summed E-state index contributed by atoms with van der Waals surface area (Å²) in [5, 5.41) is 2.99. The SMILES string of the molecule is CC1(NC(=O)c2ccc(=O)[nH]c2)CCOCC1. The molecule has 1 aromatic heterocycles. The smallest absolute Gasteiger partial charge is 0.253 e. The zero-order chi connectivity index (χ0) is 12.3. The van der Waals surface area contributed by atoms with Crippen molar-refractivity contribution in [3.8, 4) is 0 Å². The quantitative estimate of drug-likeness (QED) is 0.793. The summed E-state index contributed by atoms with van der Waals surface area (Å²) in [6.07, 6.45) is 3.05. The molecule has 2 heterocycles. The summed E-state index contributed by atoms with van der Waals surface area (Å²) in [6.45, 7) is 3.35. The first-order valence-corrected chi connectivity index (χ1v) is 5.68. The third-order valence-electron chi connectivity index (χ3n) is 3.06. The molecule has 0 aliphatic carbocycles. The van der Waals surface area contributed by atoms with Gasteiger partial charge in [0.1, 0.15) is 0 Å². The minimum atomic E-state index is -0.217. The number of aromatic nitrogens is 1. The van der Waals surface area contributed by atoms with Crippen molar-refractivity contribution in [2.75, 3.05) is 13.2 Å². The molecule has 0 radical (unpaired) electrons. The van der Waals surface area contributed by atoms with Gasteiger partial charge in [-0.15, -0.1) is 0 Å². The second-order valence-electron chi connectivity index (χ2n) is 4.57. The van der Waals surface area contributed by atoms with E-state index in [9.17, 15) is 9.59 Å². The molecule has 0 atom stereocenters. The molecule has 1 amide bonds. The lowest BCUT2D eigenvalue weighted by Crippen LogP contribution is -2.49. The van der Waals surface area contributed by atoms with Crippen molar-refractivity contribution in [2.45, 2.75) is 25.3 Å². The number of ether oxygens (including phenoxy) is 1. The number of carbonyl (C=O) groups is 1. The predicted molar refractivity (Wildman–Crippen MR) is 63.0 cm³/mol. The van der Waals surface area contributed by atoms with E-state index < -0.39 is 0 Å². The average Bonchev–Trinajstić information content (AvgIpc) is 2.30. The molecule has 0 bridgehead atoms. The lowest BCUT2D eigenvalue weighted by molar-refractivity contribution is 0.0423. The summed E-state index contributed by atoms with van der Waals surface area (Å²) in [5.41, 5.74) is 0.0435. The monoisotopic (exact) mass is 236 g/mol. The molecule has 0 aromatic carbocycles. The average molecular weight is 236 g/mol. The van der Waals surface area contributed by atoms with Gasteiger partial charge in [0, 0.05) is 31.0 Å². The molecule has 5 nitrogen and oxygen atoms in total. The van der Waals surface area contributed by atoms with Gasteiger partial charge >= 0.3 is 0 Å². The molecule has 17 heavy (non-hydrogen) atoms. The summed E-state index contributed by atoms with van der Waals surface area (Å²) in [7, 11) is 0. The lowest BCUT2D eigenvalue weighted by atomic mass is 9.92. The van der Waals surface area contributed by atoms with E-state index >= 15 is 0 Å². The standard InChI is InChI=1S/C12H16N2O3/c1-12(4-6-17-7-5-12)14-11(16)9-2-3-10(15)13-8-9/h2-3,8H,4-7H2,1H3,(H,13,15)(H,14,16). The van der Waals surface area contributed by atoms with Gasteiger partial charge in [0.25, 0.3) is 5.91 Å². The maximum absolute atomic E-state index is 12.0. The minimum Gasteiger partial charge on any atom is -0.381 e. The maximum atomic E-state index is 12.0. The summed E-state index contributed by atoms with van der Waals surface area (Å²) in [6, 6.07) is 2.87. The third-order valence-corrected chi connectivity index (χ3v) is 3.06. The number of carbonyl (C=O) groups excluding carboxylic acids is 1. The summed E-state index contributed by atoms with van der Waals surface area (Å²) >= 11 is 0. The van der Waals surface area contributed by atoms with Crippen molar-refractivity contribution >= 4 is 5.91 Å². The van der Waals surface area contributed by atoms with Crippen LogP contribution in [0.1, 0.15) is 30.1 Å². The van der Waals surface area contributed by atoms with Gasteiger partial charge < -0.3 is 15.0 Å². The Labute approximate surface area is 99.2 Å². The molecule has 1 aliphatic heterocycles. The normalized spacial score (nSPS) is 18.6. The molecular weight excluding hydrogens is 220 g/mol. The van der Waals surface area contributed by atoms with E-state index in [2.05, 4.69) is 10.3 Å². The van der Waals surface area contributed by atoms with Gasteiger partial charge in [0.15, 0.2) is 0 Å². The Morgan fingerprint density at radius 2 is 2.12 bits per heavy atom. The molecule has 5 heteroatoms. The molecule has 1 aromatic rings. The van der Waals surface area contributed by atoms with Crippen LogP contribution in [-0.4, -0.2) is 29.6 Å². The van der Waals surface area contributed by atoms with Gasteiger partial charge in [-0.2, -0.15) is 0 Å². The number of hydrogen-bond donors (Lipinski definition) is 2. The summed E-state index contributed by atoms with van der Waals surface area (Å²) < 4.78 is 5.27. The van der Waals surface area contributed by atoms with Crippen LogP contribution in [0.15, 0.2) is 23.1 Å². The summed E-state index contributed by atoms with van der Waals surface area (Å²) in [5.74, 6) is -0.161. The van der Waals surface area contributed by atoms with Crippen molar-refractivity contribution in [2.24, 2.45) is 0 Å². The lowest BCUT2D eigenvalue weighted by Gasteiger charge is -2.34. The van der Waals surface area contributed by atoms with E-state index in [1.807, 2.05) is 6.92 Å². The number of H-pyrrole nitrogens is 1. The van der Waals surface area contributed by atoms with Gasteiger partial charge in [-0.3, -0.25) is 9.59 Å². The van der Waals surface area contributed by atoms with Crippen LogP contribution in [0.2, 0.25) is 0 Å². The van der Waals surface area contributed by atoms with Crippen LogP contribution in [-0.2, 0) is 4.74 Å². The number of rotatable bonds is 2. The topological polar surface area (TPSA) is 71.2 Å². The Kier molecular flexibility index (Phi) is 3.28. The highest BCUT2D eigenvalue weighted by Crippen LogP contribution is 2.20. The van der Waals surface area contributed by atoms with Gasteiger partial charge in [-0.05, 0) is 25.8 Å². The molecule has 0 spiro atoms. The van der Waals surface area contributed by atoms with Crippen LogP contribution in [0.5, 0.6) is 0 Å². The molecular formula is C12H16N2O3. The van der Waals surface area contributed by atoms with Crippen LogP contribution in [0.4, 0.5) is 0 Å². The zero-order valence-electron chi connectivity index (χ0n) is 9.79. The fourth-order valence-electron chi connectivity index (χ4n) is 1.84. The summed E-state index contributed by atoms with van der Waals surface area (Å²) in [4.78, 5) is 25.3. The Bertz CT molecular complexity index is 441. The molecule has 2 N–H and O–H groups in total. The predicted octanol–water partition coefficient (Wildman–Crippen LogP) is 0.674. The number of aromatic amines is 1. The van der Waals surface area contributed by atoms with Crippen molar-refractivity contribution < 1.29 is 9.53 Å². The molecule has 1 aliphatic rings. The highest BCUT2D eigenvalue weighted by molar-refractivity contribution is 5.94. The Hall–Kier alpha value is -1.62. The van der Waals surface area contributed by atoms with Crippen LogP contribution >= 0.6 is 0 Å². The Balaban J connectivity index is 2.05. The van der Waals surface area contributed by atoms with Gasteiger partial charge in [-0.1, -0.05) is 0 Å². The van der Waals surface area contributed by atoms with E-state index in [0.717, 1.165) is 12.8 Å². The number of amides is 1. The first-order chi connectivity index (χ1) is 8.09. The van der Waals surface area contributed by atoms with Crippen LogP contribution in [0.3, 0.4) is 0 Å². The first kappa shape index (κ1) is 11.9. The highest BCUT2D eigenvalue weighted by Gasteiger charge is 2.29. The molecule has 92 valence electrons. The largest absolute Gasteiger partial charge is 0.381 e. The number of nitrogens with one attached hydrogen (secondary N) is 2.